The van der Waals surface area contributed by atoms with Gasteiger partial charge in [-0.05, 0) is 49.9 Å². The Labute approximate surface area is 146 Å². The van der Waals surface area contributed by atoms with Gasteiger partial charge in [0.25, 0.3) is 0 Å². The number of likely N-dealkylation sites (tertiary alicyclic amines) is 1. The minimum absolute atomic E-state index is 0.0946. The average Bonchev–Trinajstić information content (AvgIpc) is 3.25. The van der Waals surface area contributed by atoms with Crippen molar-refractivity contribution < 1.29 is 9.59 Å². The summed E-state index contributed by atoms with van der Waals surface area (Å²) in [6.45, 7) is 0.695. The number of nitrogens with zero attached hydrogens (tertiary/aromatic N) is 3. The molecular formula is C19H22N4O2. The fourth-order valence-electron chi connectivity index (χ4n) is 3.57. The average molecular weight is 338 g/mol. The second-order valence-corrected chi connectivity index (χ2v) is 6.81. The van der Waals surface area contributed by atoms with Gasteiger partial charge in [-0.1, -0.05) is 12.5 Å². The summed E-state index contributed by atoms with van der Waals surface area (Å²) in [6, 6.07) is 9.08. The van der Waals surface area contributed by atoms with Gasteiger partial charge in [-0.25, -0.2) is 4.68 Å². The molecule has 2 amide bonds. The molecule has 2 fully saturated rings. The molecule has 6 heteroatoms. The molecule has 2 aliphatic rings. The number of benzene rings is 1. The maximum atomic E-state index is 12.7. The van der Waals surface area contributed by atoms with Crippen LogP contribution in [0.1, 0.15) is 32.1 Å². The monoisotopic (exact) mass is 338 g/mol. The first-order chi connectivity index (χ1) is 12.2. The summed E-state index contributed by atoms with van der Waals surface area (Å²) >= 11 is 0. The van der Waals surface area contributed by atoms with Crippen molar-refractivity contribution >= 4 is 17.5 Å². The maximum Gasteiger partial charge on any atom is 0.247 e. The zero-order chi connectivity index (χ0) is 17.2. The molecule has 1 aromatic heterocycles. The van der Waals surface area contributed by atoms with Gasteiger partial charge in [0.05, 0.1) is 5.69 Å². The van der Waals surface area contributed by atoms with E-state index >= 15 is 0 Å². The highest BCUT2D eigenvalue weighted by molar-refractivity contribution is 5.98. The Hall–Kier alpha value is -2.63. The number of hydrogen-bond donors (Lipinski definition) is 1. The molecule has 1 aliphatic carbocycles. The van der Waals surface area contributed by atoms with Gasteiger partial charge in [-0.2, -0.15) is 5.10 Å². The van der Waals surface area contributed by atoms with Crippen molar-refractivity contribution in [3.05, 3.63) is 42.7 Å². The third kappa shape index (κ3) is 3.16. The van der Waals surface area contributed by atoms with Crippen LogP contribution in [0.2, 0.25) is 0 Å². The second kappa shape index (κ2) is 6.70. The van der Waals surface area contributed by atoms with Crippen molar-refractivity contribution in [2.75, 3.05) is 11.9 Å². The summed E-state index contributed by atoms with van der Waals surface area (Å²) in [5, 5.41) is 7.18. The van der Waals surface area contributed by atoms with Crippen LogP contribution in [0.3, 0.4) is 0 Å². The topological polar surface area (TPSA) is 67.2 Å². The van der Waals surface area contributed by atoms with Gasteiger partial charge in [0.2, 0.25) is 11.8 Å². The van der Waals surface area contributed by atoms with Gasteiger partial charge in [0.15, 0.2) is 0 Å². The number of anilines is 1. The van der Waals surface area contributed by atoms with E-state index in [4.69, 9.17) is 0 Å². The number of carbonyl (C=O) groups is 2. The molecule has 2 heterocycles. The summed E-state index contributed by atoms with van der Waals surface area (Å²) in [6.07, 6.45) is 8.27. The van der Waals surface area contributed by atoms with Crippen molar-refractivity contribution in [3.8, 4) is 5.69 Å². The highest BCUT2D eigenvalue weighted by Crippen LogP contribution is 2.31. The van der Waals surface area contributed by atoms with Crippen molar-refractivity contribution in [3.63, 3.8) is 0 Å². The number of aromatic nitrogens is 2. The molecule has 1 saturated carbocycles. The van der Waals surface area contributed by atoms with E-state index in [1.54, 1.807) is 15.8 Å². The normalized spacial score (nSPS) is 20.3. The number of rotatable bonds is 4. The zero-order valence-corrected chi connectivity index (χ0v) is 14.1. The van der Waals surface area contributed by atoms with Crippen LogP contribution in [0.4, 0.5) is 5.69 Å². The summed E-state index contributed by atoms with van der Waals surface area (Å²) < 4.78 is 1.75. The van der Waals surface area contributed by atoms with E-state index in [0.29, 0.717) is 6.54 Å². The van der Waals surface area contributed by atoms with Gasteiger partial charge >= 0.3 is 0 Å². The summed E-state index contributed by atoms with van der Waals surface area (Å²) in [4.78, 5) is 27.1. The minimum Gasteiger partial charge on any atom is -0.330 e. The van der Waals surface area contributed by atoms with E-state index < -0.39 is 0 Å². The molecule has 1 aromatic carbocycles. The quantitative estimate of drug-likeness (QED) is 0.932. The molecule has 0 radical (unpaired) electrons. The van der Waals surface area contributed by atoms with Gasteiger partial charge in [-0.15, -0.1) is 0 Å². The molecular weight excluding hydrogens is 316 g/mol. The largest absolute Gasteiger partial charge is 0.330 e. The van der Waals surface area contributed by atoms with Crippen LogP contribution in [0.25, 0.3) is 5.69 Å². The Balaban J connectivity index is 1.46. The van der Waals surface area contributed by atoms with Crippen LogP contribution in [-0.2, 0) is 9.59 Å². The molecule has 1 unspecified atom stereocenters. The van der Waals surface area contributed by atoms with Gasteiger partial charge < -0.3 is 10.2 Å². The molecule has 2 aromatic rings. The van der Waals surface area contributed by atoms with Crippen LogP contribution >= 0.6 is 0 Å². The molecule has 1 saturated heterocycles. The Kier molecular flexibility index (Phi) is 4.26. The number of amides is 2. The van der Waals surface area contributed by atoms with Crippen molar-refractivity contribution in [2.24, 2.45) is 5.92 Å². The Morgan fingerprint density at radius 3 is 2.72 bits per heavy atom. The van der Waals surface area contributed by atoms with E-state index in [1.165, 1.54) is 0 Å². The Morgan fingerprint density at radius 1 is 1.12 bits per heavy atom. The lowest BCUT2D eigenvalue weighted by Crippen LogP contribution is -2.46. The lowest BCUT2D eigenvalue weighted by Gasteiger charge is -2.32. The van der Waals surface area contributed by atoms with E-state index in [0.717, 1.165) is 43.5 Å². The third-order valence-electron chi connectivity index (χ3n) is 5.18. The lowest BCUT2D eigenvalue weighted by atomic mass is 9.84. The molecule has 6 nitrogen and oxygen atoms in total. The summed E-state index contributed by atoms with van der Waals surface area (Å²) in [7, 11) is 0. The van der Waals surface area contributed by atoms with Crippen molar-refractivity contribution in [2.45, 2.75) is 38.1 Å². The first-order valence-electron chi connectivity index (χ1n) is 8.94. The molecule has 0 bridgehead atoms. The standard InChI is InChI=1S/C19H22N4O2/c24-18(17-9-3-11-22(17)19(25)14-5-1-6-14)21-15-7-2-8-16(13-15)23-12-4-10-20-23/h2,4,7-8,10,12-14,17H,1,3,5-6,9,11H2,(H,21,24). The number of carbonyl (C=O) groups excluding carboxylic acids is 2. The second-order valence-electron chi connectivity index (χ2n) is 6.81. The third-order valence-corrected chi connectivity index (χ3v) is 5.18. The number of nitrogens with one attached hydrogen (secondary N) is 1. The smallest absolute Gasteiger partial charge is 0.247 e. The highest BCUT2D eigenvalue weighted by atomic mass is 16.2. The zero-order valence-electron chi connectivity index (χ0n) is 14.1. The van der Waals surface area contributed by atoms with Crippen LogP contribution in [0, 0.1) is 5.92 Å². The minimum atomic E-state index is -0.346. The van der Waals surface area contributed by atoms with Gasteiger partial charge in [0.1, 0.15) is 6.04 Å². The number of hydrogen-bond acceptors (Lipinski definition) is 3. The first-order valence-corrected chi connectivity index (χ1v) is 8.94. The highest BCUT2D eigenvalue weighted by Gasteiger charge is 2.38. The lowest BCUT2D eigenvalue weighted by molar-refractivity contribution is -0.142. The van der Waals surface area contributed by atoms with E-state index in [-0.39, 0.29) is 23.8 Å². The van der Waals surface area contributed by atoms with Crippen LogP contribution in [0.5, 0.6) is 0 Å². The fraction of sp³-hybridized carbons (Fsp3) is 0.421. The molecule has 130 valence electrons. The van der Waals surface area contributed by atoms with Gasteiger partial charge in [-0.3, -0.25) is 9.59 Å². The van der Waals surface area contributed by atoms with E-state index in [2.05, 4.69) is 10.4 Å². The predicted octanol–water partition coefficient (Wildman–Crippen LogP) is 2.60. The van der Waals surface area contributed by atoms with Crippen molar-refractivity contribution in [1.82, 2.24) is 14.7 Å². The SMILES string of the molecule is O=C(Nc1cccc(-n2cccn2)c1)C1CCCN1C(=O)C1CCC1. The van der Waals surface area contributed by atoms with Crippen LogP contribution in [-0.4, -0.2) is 39.1 Å². The summed E-state index contributed by atoms with van der Waals surface area (Å²) in [5.41, 5.74) is 1.61. The maximum absolute atomic E-state index is 12.7. The van der Waals surface area contributed by atoms with Gasteiger partial charge in [0, 0.05) is 30.5 Å². The molecule has 1 atom stereocenters. The molecule has 1 aliphatic heterocycles. The first kappa shape index (κ1) is 15.9. The Morgan fingerprint density at radius 2 is 2.00 bits per heavy atom. The molecule has 0 spiro atoms. The predicted molar refractivity (Wildman–Crippen MR) is 94.3 cm³/mol. The van der Waals surface area contributed by atoms with E-state index in [1.807, 2.05) is 36.5 Å². The Bertz CT molecular complexity index is 767. The molecule has 4 rings (SSSR count). The fourth-order valence-corrected chi connectivity index (χ4v) is 3.57. The molecule has 25 heavy (non-hydrogen) atoms. The van der Waals surface area contributed by atoms with E-state index in [9.17, 15) is 9.59 Å². The van der Waals surface area contributed by atoms with Crippen molar-refractivity contribution in [1.29, 1.82) is 0 Å². The summed E-state index contributed by atoms with van der Waals surface area (Å²) in [5.74, 6) is 0.202. The van der Waals surface area contributed by atoms with Crippen LogP contribution < -0.4 is 5.32 Å². The van der Waals surface area contributed by atoms with Crippen LogP contribution in [0.15, 0.2) is 42.7 Å². The molecule has 1 N–H and O–H groups in total.